The number of carbonyl (C=O) groups is 1. The summed E-state index contributed by atoms with van der Waals surface area (Å²) >= 11 is 5.90. The lowest BCUT2D eigenvalue weighted by Crippen LogP contribution is -2.38. The van der Waals surface area contributed by atoms with Crippen molar-refractivity contribution in [3.63, 3.8) is 0 Å². The lowest BCUT2D eigenvalue weighted by atomic mass is 9.99. The molecule has 1 atom stereocenters. The first-order valence-corrected chi connectivity index (χ1v) is 5.66. The highest BCUT2D eigenvalue weighted by molar-refractivity contribution is 6.21. The van der Waals surface area contributed by atoms with Gasteiger partial charge in [0.25, 0.3) is 0 Å². The van der Waals surface area contributed by atoms with Crippen molar-refractivity contribution < 1.29 is 14.3 Å². The Morgan fingerprint density at radius 1 is 1.60 bits per heavy atom. The topological polar surface area (TPSA) is 47.6 Å². The van der Waals surface area contributed by atoms with Crippen LogP contribution in [0.3, 0.4) is 0 Å². The van der Waals surface area contributed by atoms with E-state index >= 15 is 0 Å². The van der Waals surface area contributed by atoms with E-state index in [0.29, 0.717) is 26.4 Å². The maximum Gasteiger partial charge on any atom is 0.223 e. The average Bonchev–Trinajstić information content (AvgIpc) is 2.27. The lowest BCUT2D eigenvalue weighted by Gasteiger charge is -2.21. The van der Waals surface area contributed by atoms with Crippen molar-refractivity contribution in [1.29, 1.82) is 0 Å². The number of hydrogen-bond donors (Lipinski definition) is 1. The van der Waals surface area contributed by atoms with Crippen LogP contribution in [0.25, 0.3) is 0 Å². The minimum atomic E-state index is -0.154. The van der Waals surface area contributed by atoms with Crippen molar-refractivity contribution in [3.05, 3.63) is 0 Å². The number of halogens is 1. The second kappa shape index (κ2) is 7.04. The molecule has 1 heterocycles. The standard InChI is InChI=1S/C10H18ClNO3/c1-14-7-9(11)6-12-10(13)8-2-4-15-5-3-8/h8-9H,2-7H2,1H3,(H,12,13). The van der Waals surface area contributed by atoms with Crippen LogP contribution in [0, 0.1) is 5.92 Å². The highest BCUT2D eigenvalue weighted by Gasteiger charge is 2.21. The van der Waals surface area contributed by atoms with Crippen molar-refractivity contribution >= 4 is 17.5 Å². The number of methoxy groups -OCH3 is 1. The third-order valence-corrected chi connectivity index (χ3v) is 2.72. The second-order valence-corrected chi connectivity index (χ2v) is 4.30. The minimum absolute atomic E-state index is 0.0834. The highest BCUT2D eigenvalue weighted by Crippen LogP contribution is 2.14. The van der Waals surface area contributed by atoms with Gasteiger partial charge in [0, 0.05) is 32.8 Å². The van der Waals surface area contributed by atoms with Crippen molar-refractivity contribution in [2.45, 2.75) is 18.2 Å². The number of carbonyl (C=O) groups excluding carboxylic acids is 1. The molecule has 5 heteroatoms. The smallest absolute Gasteiger partial charge is 0.223 e. The number of ether oxygens (including phenoxy) is 2. The van der Waals surface area contributed by atoms with Gasteiger partial charge in [-0.05, 0) is 12.8 Å². The summed E-state index contributed by atoms with van der Waals surface area (Å²) < 4.78 is 10.1. The summed E-state index contributed by atoms with van der Waals surface area (Å²) in [5.41, 5.74) is 0. The van der Waals surface area contributed by atoms with Crippen molar-refractivity contribution in [2.75, 3.05) is 33.5 Å². The molecule has 1 saturated heterocycles. The summed E-state index contributed by atoms with van der Waals surface area (Å²) in [5.74, 6) is 0.171. The van der Waals surface area contributed by atoms with Crippen molar-refractivity contribution in [2.24, 2.45) is 5.92 Å². The lowest BCUT2D eigenvalue weighted by molar-refractivity contribution is -0.127. The van der Waals surface area contributed by atoms with Gasteiger partial charge in [-0.1, -0.05) is 0 Å². The van der Waals surface area contributed by atoms with Crippen LogP contribution in [0.4, 0.5) is 0 Å². The fraction of sp³-hybridized carbons (Fsp3) is 0.900. The molecule has 0 aliphatic carbocycles. The molecule has 0 aromatic carbocycles. The van der Waals surface area contributed by atoms with E-state index in [1.807, 2.05) is 0 Å². The Kier molecular flexibility index (Phi) is 5.98. The Bertz CT molecular complexity index is 195. The van der Waals surface area contributed by atoms with Gasteiger partial charge in [0.15, 0.2) is 0 Å². The maximum absolute atomic E-state index is 11.6. The average molecular weight is 236 g/mol. The van der Waals surface area contributed by atoms with Crippen LogP contribution in [0.2, 0.25) is 0 Å². The fourth-order valence-electron chi connectivity index (χ4n) is 1.56. The van der Waals surface area contributed by atoms with Gasteiger partial charge in [-0.25, -0.2) is 0 Å². The van der Waals surface area contributed by atoms with Crippen molar-refractivity contribution in [3.8, 4) is 0 Å². The zero-order valence-electron chi connectivity index (χ0n) is 9.00. The molecule has 0 spiro atoms. The summed E-state index contributed by atoms with van der Waals surface area (Å²) in [4.78, 5) is 11.6. The molecule has 0 saturated carbocycles. The number of rotatable bonds is 5. The van der Waals surface area contributed by atoms with E-state index in [-0.39, 0.29) is 17.2 Å². The Balaban J connectivity index is 2.16. The molecule has 0 radical (unpaired) electrons. The summed E-state index contributed by atoms with van der Waals surface area (Å²) in [6, 6.07) is 0. The summed E-state index contributed by atoms with van der Waals surface area (Å²) in [5, 5.41) is 2.68. The summed E-state index contributed by atoms with van der Waals surface area (Å²) in [6.07, 6.45) is 1.62. The van der Waals surface area contributed by atoms with E-state index < -0.39 is 0 Å². The molecule has 15 heavy (non-hydrogen) atoms. The van der Waals surface area contributed by atoms with Crippen LogP contribution < -0.4 is 5.32 Å². The zero-order chi connectivity index (χ0) is 11.1. The largest absolute Gasteiger partial charge is 0.383 e. The second-order valence-electron chi connectivity index (χ2n) is 3.68. The van der Waals surface area contributed by atoms with E-state index in [0.717, 1.165) is 12.8 Å². The van der Waals surface area contributed by atoms with E-state index in [2.05, 4.69) is 5.32 Å². The van der Waals surface area contributed by atoms with Gasteiger partial charge in [0.1, 0.15) is 0 Å². The van der Waals surface area contributed by atoms with Gasteiger partial charge < -0.3 is 14.8 Å². The molecule has 1 N–H and O–H groups in total. The molecule has 1 fully saturated rings. The number of amides is 1. The molecule has 0 aromatic heterocycles. The van der Waals surface area contributed by atoms with E-state index in [4.69, 9.17) is 21.1 Å². The van der Waals surface area contributed by atoms with Gasteiger partial charge in [0.05, 0.1) is 12.0 Å². The molecule has 4 nitrogen and oxygen atoms in total. The van der Waals surface area contributed by atoms with E-state index in [9.17, 15) is 4.79 Å². The predicted molar refractivity (Wildman–Crippen MR) is 58.1 cm³/mol. The van der Waals surface area contributed by atoms with Crippen LogP contribution in [0.1, 0.15) is 12.8 Å². The zero-order valence-corrected chi connectivity index (χ0v) is 9.76. The molecule has 1 unspecified atom stereocenters. The van der Waals surface area contributed by atoms with Crippen molar-refractivity contribution in [1.82, 2.24) is 5.32 Å². The van der Waals surface area contributed by atoms with E-state index in [1.165, 1.54) is 0 Å². The van der Waals surface area contributed by atoms with Crippen LogP contribution in [0.5, 0.6) is 0 Å². The minimum Gasteiger partial charge on any atom is -0.383 e. The molecule has 1 aliphatic rings. The Morgan fingerprint density at radius 2 is 2.27 bits per heavy atom. The number of nitrogens with one attached hydrogen (secondary N) is 1. The Labute approximate surface area is 95.3 Å². The van der Waals surface area contributed by atoms with Crippen LogP contribution in [-0.4, -0.2) is 44.8 Å². The third-order valence-electron chi connectivity index (χ3n) is 2.44. The normalized spacial score (nSPS) is 19.9. The SMILES string of the molecule is COCC(Cl)CNC(=O)C1CCOCC1. The summed E-state index contributed by atoms with van der Waals surface area (Å²) in [7, 11) is 1.59. The third kappa shape index (κ3) is 4.82. The molecule has 1 rings (SSSR count). The van der Waals surface area contributed by atoms with Gasteiger partial charge in [0.2, 0.25) is 5.91 Å². The van der Waals surface area contributed by atoms with Gasteiger partial charge in [-0.3, -0.25) is 4.79 Å². The van der Waals surface area contributed by atoms with Gasteiger partial charge in [-0.15, -0.1) is 11.6 Å². The van der Waals surface area contributed by atoms with E-state index in [1.54, 1.807) is 7.11 Å². The van der Waals surface area contributed by atoms with Gasteiger partial charge in [-0.2, -0.15) is 0 Å². The highest BCUT2D eigenvalue weighted by atomic mass is 35.5. The molecule has 0 aromatic rings. The Morgan fingerprint density at radius 3 is 2.87 bits per heavy atom. The quantitative estimate of drug-likeness (QED) is 0.717. The van der Waals surface area contributed by atoms with Crippen LogP contribution in [-0.2, 0) is 14.3 Å². The number of hydrogen-bond acceptors (Lipinski definition) is 3. The first-order chi connectivity index (χ1) is 7.24. The monoisotopic (exact) mass is 235 g/mol. The molecule has 1 amide bonds. The predicted octanol–water partition coefficient (Wildman–Crippen LogP) is 0.783. The Hall–Kier alpha value is -0.320. The molecular weight excluding hydrogens is 218 g/mol. The maximum atomic E-state index is 11.6. The van der Waals surface area contributed by atoms with Gasteiger partial charge >= 0.3 is 0 Å². The molecular formula is C10H18ClNO3. The molecule has 88 valence electrons. The molecule has 1 aliphatic heterocycles. The summed E-state index contributed by atoms with van der Waals surface area (Å²) in [6.45, 7) is 2.28. The molecule has 0 bridgehead atoms. The van der Waals surface area contributed by atoms with Crippen LogP contribution in [0.15, 0.2) is 0 Å². The first-order valence-electron chi connectivity index (χ1n) is 5.22. The number of alkyl halides is 1. The fourth-order valence-corrected chi connectivity index (χ4v) is 1.76. The first kappa shape index (κ1) is 12.7. The van der Waals surface area contributed by atoms with Crippen LogP contribution >= 0.6 is 11.6 Å².